The van der Waals surface area contributed by atoms with Crippen molar-refractivity contribution in [1.82, 2.24) is 0 Å². The van der Waals surface area contributed by atoms with Crippen LogP contribution in [0.2, 0.25) is 0 Å². The zero-order valence-corrected chi connectivity index (χ0v) is 13.9. The fourth-order valence-electron chi connectivity index (χ4n) is 2.98. The maximum atomic E-state index is 10.7. The third kappa shape index (κ3) is 2.29. The number of hydrogen-bond donors (Lipinski definition) is 1. The summed E-state index contributed by atoms with van der Waals surface area (Å²) in [5, 5.41) is 11.4. The van der Waals surface area contributed by atoms with Gasteiger partial charge in [-0.25, -0.2) is 0 Å². The largest absolute Gasteiger partial charge is 0.481 e. The van der Waals surface area contributed by atoms with E-state index >= 15 is 0 Å². The molecule has 0 spiro atoms. The fraction of sp³-hybridized carbons (Fsp3) is 0.312. The second kappa shape index (κ2) is 5.49. The third-order valence-electron chi connectivity index (χ3n) is 3.87. The van der Waals surface area contributed by atoms with Crippen LogP contribution >= 0.6 is 31.9 Å². The van der Waals surface area contributed by atoms with Crippen LogP contribution in [0.25, 0.3) is 10.8 Å². The van der Waals surface area contributed by atoms with E-state index < -0.39 is 5.97 Å². The van der Waals surface area contributed by atoms with Crippen LogP contribution in [0.15, 0.2) is 30.3 Å². The fourth-order valence-corrected chi connectivity index (χ4v) is 4.43. The normalized spacial score (nSPS) is 20.5. The zero-order valence-electron chi connectivity index (χ0n) is 10.8. The number of rotatable bonds is 4. The predicted molar refractivity (Wildman–Crippen MR) is 87.9 cm³/mol. The number of carboxylic acid groups (broad SMARTS) is 1. The van der Waals surface area contributed by atoms with Crippen molar-refractivity contribution in [2.75, 3.05) is 0 Å². The van der Waals surface area contributed by atoms with Crippen molar-refractivity contribution in [3.05, 3.63) is 47.0 Å². The highest BCUT2D eigenvalue weighted by Crippen LogP contribution is 2.54. The van der Waals surface area contributed by atoms with Crippen molar-refractivity contribution >= 4 is 48.6 Å². The Labute approximate surface area is 134 Å². The van der Waals surface area contributed by atoms with Gasteiger partial charge in [0.15, 0.2) is 0 Å². The smallest absolute Gasteiger partial charge is 0.303 e. The molecular formula is C16H14Br2O2. The van der Waals surface area contributed by atoms with Crippen LogP contribution in [-0.2, 0) is 11.2 Å². The van der Waals surface area contributed by atoms with E-state index in [-0.39, 0.29) is 16.1 Å². The summed E-state index contributed by atoms with van der Waals surface area (Å²) in [6, 6.07) is 10.7. The van der Waals surface area contributed by atoms with Crippen LogP contribution in [0.3, 0.4) is 0 Å². The number of hydrogen-bond acceptors (Lipinski definition) is 1. The molecule has 1 aliphatic rings. The molecule has 1 N–H and O–H groups in total. The zero-order chi connectivity index (χ0) is 14.3. The van der Waals surface area contributed by atoms with Gasteiger partial charge in [0.05, 0.1) is 9.65 Å². The predicted octanol–water partition coefficient (Wildman–Crippen LogP) is 5.13. The molecule has 0 aliphatic heterocycles. The summed E-state index contributed by atoms with van der Waals surface area (Å²) in [4.78, 5) is 11.2. The Bertz CT molecular complexity index is 681. The average molecular weight is 398 g/mol. The number of carboxylic acids is 1. The third-order valence-corrected chi connectivity index (χ3v) is 6.59. The Morgan fingerprint density at radius 3 is 2.70 bits per heavy atom. The van der Waals surface area contributed by atoms with E-state index in [9.17, 15) is 4.79 Å². The van der Waals surface area contributed by atoms with Gasteiger partial charge in [0.1, 0.15) is 0 Å². The second-order valence-electron chi connectivity index (χ2n) is 5.13. The number of benzene rings is 2. The number of aliphatic carboxylic acids is 1. The summed E-state index contributed by atoms with van der Waals surface area (Å²) in [5.41, 5.74) is 3.90. The molecule has 2 aromatic rings. The van der Waals surface area contributed by atoms with E-state index in [0.29, 0.717) is 6.42 Å². The van der Waals surface area contributed by atoms with Crippen molar-refractivity contribution in [2.24, 2.45) is 0 Å². The lowest BCUT2D eigenvalue weighted by Gasteiger charge is -2.12. The topological polar surface area (TPSA) is 37.3 Å². The summed E-state index contributed by atoms with van der Waals surface area (Å²) in [6.45, 7) is 0. The molecule has 2 atom stereocenters. The Hall–Kier alpha value is -0.870. The van der Waals surface area contributed by atoms with Gasteiger partial charge in [0.2, 0.25) is 0 Å². The molecule has 0 bridgehead atoms. The summed E-state index contributed by atoms with van der Waals surface area (Å²) in [5.74, 6) is -0.725. The first kappa shape index (κ1) is 14.1. The maximum Gasteiger partial charge on any atom is 0.303 e. The van der Waals surface area contributed by atoms with Gasteiger partial charge >= 0.3 is 5.97 Å². The minimum atomic E-state index is -0.725. The van der Waals surface area contributed by atoms with Crippen molar-refractivity contribution < 1.29 is 9.90 Å². The molecule has 4 heteroatoms. The highest BCUT2D eigenvalue weighted by atomic mass is 79.9. The van der Waals surface area contributed by atoms with E-state index in [1.54, 1.807) is 0 Å². The lowest BCUT2D eigenvalue weighted by atomic mass is 9.97. The molecule has 0 radical (unpaired) electrons. The van der Waals surface area contributed by atoms with Crippen LogP contribution in [0.4, 0.5) is 0 Å². The SMILES string of the molecule is O=C(O)CCCc1ccc2cccc3c2c1C(Br)C3Br. The van der Waals surface area contributed by atoms with Gasteiger partial charge < -0.3 is 5.11 Å². The summed E-state index contributed by atoms with van der Waals surface area (Å²) in [7, 11) is 0. The molecule has 2 nitrogen and oxygen atoms in total. The molecule has 104 valence electrons. The van der Waals surface area contributed by atoms with E-state index in [4.69, 9.17) is 5.11 Å². The van der Waals surface area contributed by atoms with Crippen molar-refractivity contribution in [3.63, 3.8) is 0 Å². The van der Waals surface area contributed by atoms with E-state index in [1.807, 2.05) is 0 Å². The Balaban J connectivity index is 2.04. The first-order chi connectivity index (χ1) is 9.59. The molecule has 2 unspecified atom stereocenters. The maximum absolute atomic E-state index is 10.7. The van der Waals surface area contributed by atoms with Crippen LogP contribution in [0, 0.1) is 0 Å². The standard InChI is InChI=1S/C16H14Br2O2/c17-15-11-5-1-3-9-7-8-10(4-2-6-12(19)20)14(13(9)11)16(15)18/h1,3,5,7-8,15-16H,2,4,6H2,(H,19,20). The number of aryl methyl sites for hydroxylation is 1. The van der Waals surface area contributed by atoms with Crippen molar-refractivity contribution in [3.8, 4) is 0 Å². The first-order valence-corrected chi connectivity index (χ1v) is 8.47. The van der Waals surface area contributed by atoms with Crippen LogP contribution < -0.4 is 0 Å². The Morgan fingerprint density at radius 1 is 1.15 bits per heavy atom. The molecule has 3 rings (SSSR count). The quantitative estimate of drug-likeness (QED) is 0.725. The Morgan fingerprint density at radius 2 is 1.95 bits per heavy atom. The second-order valence-corrected chi connectivity index (χ2v) is 7.11. The molecule has 0 fully saturated rings. The van der Waals surface area contributed by atoms with Gasteiger partial charge in [-0.15, -0.1) is 0 Å². The summed E-state index contributed by atoms with van der Waals surface area (Å²) < 4.78 is 0. The average Bonchev–Trinajstić information content (AvgIpc) is 2.68. The van der Waals surface area contributed by atoms with Crippen LogP contribution in [0.5, 0.6) is 0 Å². The van der Waals surface area contributed by atoms with Crippen molar-refractivity contribution in [2.45, 2.75) is 28.9 Å². The van der Waals surface area contributed by atoms with Gasteiger partial charge in [0, 0.05) is 6.42 Å². The molecule has 0 heterocycles. The summed E-state index contributed by atoms with van der Waals surface area (Å²) in [6.07, 6.45) is 1.72. The first-order valence-electron chi connectivity index (χ1n) is 6.64. The van der Waals surface area contributed by atoms with E-state index in [1.165, 1.54) is 27.5 Å². The Kier molecular flexibility index (Phi) is 3.87. The highest BCUT2D eigenvalue weighted by molar-refractivity contribution is 9.12. The minimum absolute atomic E-state index is 0.226. The molecule has 1 aliphatic carbocycles. The van der Waals surface area contributed by atoms with Gasteiger partial charge in [-0.3, -0.25) is 4.79 Å². The molecule has 0 saturated carbocycles. The lowest BCUT2D eigenvalue weighted by molar-refractivity contribution is -0.137. The molecule has 2 aromatic carbocycles. The molecule has 20 heavy (non-hydrogen) atoms. The van der Waals surface area contributed by atoms with Gasteiger partial charge in [-0.2, -0.15) is 0 Å². The monoisotopic (exact) mass is 396 g/mol. The van der Waals surface area contributed by atoms with Crippen LogP contribution in [-0.4, -0.2) is 11.1 Å². The van der Waals surface area contributed by atoms with Crippen LogP contribution in [0.1, 0.15) is 39.2 Å². The van der Waals surface area contributed by atoms with E-state index in [2.05, 4.69) is 62.2 Å². The number of halogens is 2. The highest BCUT2D eigenvalue weighted by Gasteiger charge is 2.32. The van der Waals surface area contributed by atoms with E-state index in [0.717, 1.165) is 6.42 Å². The summed E-state index contributed by atoms with van der Waals surface area (Å²) >= 11 is 7.55. The number of alkyl halides is 2. The number of carbonyl (C=O) groups is 1. The lowest BCUT2D eigenvalue weighted by Crippen LogP contribution is -1.99. The van der Waals surface area contributed by atoms with Crippen molar-refractivity contribution in [1.29, 1.82) is 0 Å². The van der Waals surface area contributed by atoms with Gasteiger partial charge in [-0.05, 0) is 40.3 Å². The molecular weight excluding hydrogens is 384 g/mol. The van der Waals surface area contributed by atoms with Gasteiger partial charge in [0.25, 0.3) is 0 Å². The molecule has 0 amide bonds. The van der Waals surface area contributed by atoms with Gasteiger partial charge in [-0.1, -0.05) is 62.2 Å². The minimum Gasteiger partial charge on any atom is -0.481 e. The molecule has 0 saturated heterocycles. The molecule has 0 aromatic heterocycles.